The number of hydrogen-bond acceptors (Lipinski definition) is 2. The van der Waals surface area contributed by atoms with Crippen LogP contribution in [0.2, 0.25) is 0 Å². The maximum atomic E-state index is 11.6. The Morgan fingerprint density at radius 2 is 1.94 bits per heavy atom. The van der Waals surface area contributed by atoms with Crippen LogP contribution in [0.5, 0.6) is 0 Å². The van der Waals surface area contributed by atoms with Crippen molar-refractivity contribution < 1.29 is 9.53 Å². The van der Waals surface area contributed by atoms with E-state index in [9.17, 15) is 4.79 Å². The Hall–Kier alpha value is -0.780. The Morgan fingerprint density at radius 1 is 1.29 bits per heavy atom. The quantitative estimate of drug-likeness (QED) is 0.765. The molecular formula is C13H18INO2. The minimum atomic E-state index is -0.221. The van der Waals surface area contributed by atoms with Crippen LogP contribution in [0.3, 0.4) is 0 Å². The molecule has 0 heterocycles. The maximum Gasteiger partial charge on any atom is 0.409 e. The van der Waals surface area contributed by atoms with E-state index < -0.39 is 0 Å². The van der Waals surface area contributed by atoms with Gasteiger partial charge in [-0.05, 0) is 48.1 Å². The second kappa shape index (κ2) is 7.53. The van der Waals surface area contributed by atoms with Gasteiger partial charge in [0.15, 0.2) is 0 Å². The van der Waals surface area contributed by atoms with Crippen molar-refractivity contribution in [3.63, 3.8) is 0 Å². The summed E-state index contributed by atoms with van der Waals surface area (Å²) < 4.78 is 6.44. The second-order valence-electron chi connectivity index (χ2n) is 3.63. The molecule has 0 fully saturated rings. The van der Waals surface area contributed by atoms with Gasteiger partial charge in [0.1, 0.15) is 0 Å². The first-order valence-corrected chi connectivity index (χ1v) is 6.92. The van der Waals surface area contributed by atoms with Crippen molar-refractivity contribution in [2.75, 3.05) is 19.7 Å². The lowest BCUT2D eigenvalue weighted by Crippen LogP contribution is -2.31. The average Bonchev–Trinajstić information content (AvgIpc) is 2.33. The highest BCUT2D eigenvalue weighted by Gasteiger charge is 2.10. The number of halogens is 1. The number of nitrogens with zero attached hydrogens (tertiary/aromatic N) is 1. The molecule has 0 N–H and O–H groups in total. The molecule has 1 amide bonds. The van der Waals surface area contributed by atoms with Crippen molar-refractivity contribution in [3.05, 3.63) is 33.4 Å². The normalized spacial score (nSPS) is 10.1. The predicted octanol–water partition coefficient (Wildman–Crippen LogP) is 3.31. The molecular weight excluding hydrogens is 329 g/mol. The van der Waals surface area contributed by atoms with Crippen LogP contribution in [-0.4, -0.2) is 30.7 Å². The van der Waals surface area contributed by atoms with E-state index in [4.69, 9.17) is 4.74 Å². The summed E-state index contributed by atoms with van der Waals surface area (Å²) in [6.45, 7) is 5.72. The Bertz CT molecular complexity index is 364. The Morgan fingerprint density at radius 3 is 2.53 bits per heavy atom. The standard InChI is InChI=1S/C13H18INO2/c1-3-15(4-2)13(16)17-10-9-11-7-5-6-8-12(11)14/h5-8H,3-4,9-10H2,1-2H3. The van der Waals surface area contributed by atoms with Crippen LogP contribution >= 0.6 is 22.6 Å². The van der Waals surface area contributed by atoms with E-state index >= 15 is 0 Å². The number of hydrogen-bond donors (Lipinski definition) is 0. The first-order chi connectivity index (χ1) is 8.19. The third-order valence-electron chi connectivity index (χ3n) is 2.58. The molecule has 94 valence electrons. The lowest BCUT2D eigenvalue weighted by atomic mass is 10.2. The van der Waals surface area contributed by atoms with Crippen LogP contribution in [0.1, 0.15) is 19.4 Å². The molecule has 17 heavy (non-hydrogen) atoms. The number of carbonyl (C=O) groups excluding carboxylic acids is 1. The van der Waals surface area contributed by atoms with Gasteiger partial charge in [0.25, 0.3) is 0 Å². The molecule has 0 aliphatic rings. The van der Waals surface area contributed by atoms with E-state index in [-0.39, 0.29) is 6.09 Å². The monoisotopic (exact) mass is 347 g/mol. The van der Waals surface area contributed by atoms with Crippen LogP contribution in [0.25, 0.3) is 0 Å². The van der Waals surface area contributed by atoms with Crippen LogP contribution in [0, 0.1) is 3.57 Å². The number of amides is 1. The third-order valence-corrected chi connectivity index (χ3v) is 3.63. The van der Waals surface area contributed by atoms with Crippen molar-refractivity contribution in [3.8, 4) is 0 Å². The summed E-state index contributed by atoms with van der Waals surface area (Å²) >= 11 is 2.29. The van der Waals surface area contributed by atoms with E-state index in [1.54, 1.807) is 4.90 Å². The first-order valence-electron chi connectivity index (χ1n) is 5.84. The number of carbonyl (C=O) groups is 1. The van der Waals surface area contributed by atoms with E-state index in [1.807, 2.05) is 26.0 Å². The van der Waals surface area contributed by atoms with Gasteiger partial charge >= 0.3 is 6.09 Å². The van der Waals surface area contributed by atoms with Gasteiger partial charge < -0.3 is 9.64 Å². The van der Waals surface area contributed by atoms with E-state index in [1.165, 1.54) is 9.13 Å². The first kappa shape index (κ1) is 14.3. The van der Waals surface area contributed by atoms with E-state index in [2.05, 4.69) is 34.7 Å². The number of benzene rings is 1. The van der Waals surface area contributed by atoms with Crippen LogP contribution in [-0.2, 0) is 11.2 Å². The van der Waals surface area contributed by atoms with Crippen LogP contribution in [0.15, 0.2) is 24.3 Å². The zero-order valence-electron chi connectivity index (χ0n) is 10.3. The summed E-state index contributed by atoms with van der Waals surface area (Å²) in [5.74, 6) is 0. The number of ether oxygens (including phenoxy) is 1. The summed E-state index contributed by atoms with van der Waals surface area (Å²) in [6, 6.07) is 8.13. The van der Waals surface area contributed by atoms with Crippen molar-refractivity contribution >= 4 is 28.7 Å². The average molecular weight is 347 g/mol. The molecule has 1 rings (SSSR count). The lowest BCUT2D eigenvalue weighted by molar-refractivity contribution is 0.107. The molecule has 0 saturated carbocycles. The fourth-order valence-corrected chi connectivity index (χ4v) is 2.18. The van der Waals surface area contributed by atoms with Gasteiger partial charge in [0, 0.05) is 23.1 Å². The number of rotatable bonds is 5. The van der Waals surface area contributed by atoms with Gasteiger partial charge in [-0.2, -0.15) is 0 Å². The van der Waals surface area contributed by atoms with Gasteiger partial charge in [0.2, 0.25) is 0 Å². The van der Waals surface area contributed by atoms with Gasteiger partial charge in [0.05, 0.1) is 6.61 Å². The predicted molar refractivity (Wildman–Crippen MR) is 77.1 cm³/mol. The summed E-state index contributed by atoms with van der Waals surface area (Å²) in [5, 5.41) is 0. The Balaban J connectivity index is 2.38. The molecule has 0 spiro atoms. The lowest BCUT2D eigenvalue weighted by Gasteiger charge is -2.18. The Kier molecular flexibility index (Phi) is 6.32. The maximum absolute atomic E-state index is 11.6. The SMILES string of the molecule is CCN(CC)C(=O)OCCc1ccccc1I. The molecule has 0 aliphatic carbocycles. The summed E-state index contributed by atoms with van der Waals surface area (Å²) in [7, 11) is 0. The second-order valence-corrected chi connectivity index (χ2v) is 4.79. The fourth-order valence-electron chi connectivity index (χ4n) is 1.52. The third kappa shape index (κ3) is 4.53. The summed E-state index contributed by atoms with van der Waals surface area (Å²) in [5.41, 5.74) is 1.22. The fraction of sp³-hybridized carbons (Fsp3) is 0.462. The van der Waals surface area contributed by atoms with Crippen molar-refractivity contribution in [2.45, 2.75) is 20.3 Å². The molecule has 1 aromatic carbocycles. The molecule has 3 nitrogen and oxygen atoms in total. The van der Waals surface area contributed by atoms with Crippen molar-refractivity contribution in [1.29, 1.82) is 0 Å². The zero-order valence-corrected chi connectivity index (χ0v) is 12.4. The molecule has 0 radical (unpaired) electrons. The zero-order chi connectivity index (χ0) is 12.7. The highest BCUT2D eigenvalue weighted by Crippen LogP contribution is 2.12. The topological polar surface area (TPSA) is 29.5 Å². The van der Waals surface area contributed by atoms with Crippen LogP contribution in [0.4, 0.5) is 4.79 Å². The van der Waals surface area contributed by atoms with Gasteiger partial charge in [-0.3, -0.25) is 0 Å². The van der Waals surface area contributed by atoms with Gasteiger partial charge in [-0.1, -0.05) is 18.2 Å². The highest BCUT2D eigenvalue weighted by atomic mass is 127. The van der Waals surface area contributed by atoms with Crippen molar-refractivity contribution in [2.24, 2.45) is 0 Å². The van der Waals surface area contributed by atoms with Gasteiger partial charge in [-0.15, -0.1) is 0 Å². The molecule has 0 saturated heterocycles. The smallest absolute Gasteiger partial charge is 0.409 e. The molecule has 0 bridgehead atoms. The van der Waals surface area contributed by atoms with E-state index in [0.29, 0.717) is 19.7 Å². The highest BCUT2D eigenvalue weighted by molar-refractivity contribution is 14.1. The van der Waals surface area contributed by atoms with Crippen LogP contribution < -0.4 is 0 Å². The largest absolute Gasteiger partial charge is 0.449 e. The molecule has 0 unspecified atom stereocenters. The minimum Gasteiger partial charge on any atom is -0.449 e. The van der Waals surface area contributed by atoms with Gasteiger partial charge in [-0.25, -0.2) is 4.79 Å². The van der Waals surface area contributed by atoms with Crippen molar-refractivity contribution in [1.82, 2.24) is 4.90 Å². The molecule has 1 aromatic rings. The minimum absolute atomic E-state index is 0.221. The van der Waals surface area contributed by atoms with E-state index in [0.717, 1.165) is 6.42 Å². The molecule has 0 atom stereocenters. The summed E-state index contributed by atoms with van der Waals surface area (Å²) in [4.78, 5) is 13.3. The molecule has 0 aromatic heterocycles. The summed E-state index contributed by atoms with van der Waals surface area (Å²) in [6.07, 6.45) is 0.549. The molecule has 4 heteroatoms. The Labute approximate surface area is 116 Å². The molecule has 0 aliphatic heterocycles.